The van der Waals surface area contributed by atoms with Crippen LogP contribution in [0.2, 0.25) is 0 Å². The molecule has 4 aromatic carbocycles. The van der Waals surface area contributed by atoms with E-state index in [0.29, 0.717) is 11.1 Å². The quantitative estimate of drug-likeness (QED) is 0.252. The summed E-state index contributed by atoms with van der Waals surface area (Å²) in [5, 5.41) is 1.75. The molecule has 1 aliphatic rings. The standard InChI is InChI=1S/C32H28F3NO2/c1-3-38-31(37)27-19-26-18-25(22-8-11-28(12-9-22)32(33,34)35)10-13-29(26)30(20-27)24-6-4-21(5-7-24)23-14-16-36(2)17-15-23/h4-14,18-20H,3,15-17H2,1-2H3. The van der Waals surface area contributed by atoms with Crippen LogP contribution in [0.25, 0.3) is 38.6 Å². The van der Waals surface area contributed by atoms with Crippen molar-refractivity contribution >= 4 is 22.3 Å². The molecule has 0 amide bonds. The number of rotatable bonds is 5. The summed E-state index contributed by atoms with van der Waals surface area (Å²) < 4.78 is 44.3. The average Bonchev–Trinajstić information content (AvgIpc) is 2.92. The molecule has 38 heavy (non-hydrogen) atoms. The lowest BCUT2D eigenvalue weighted by Gasteiger charge is -2.22. The van der Waals surface area contributed by atoms with E-state index in [0.717, 1.165) is 59.1 Å². The number of hydrogen-bond donors (Lipinski definition) is 0. The number of alkyl halides is 3. The smallest absolute Gasteiger partial charge is 0.416 e. The van der Waals surface area contributed by atoms with E-state index in [1.165, 1.54) is 23.3 Å². The highest BCUT2D eigenvalue weighted by molar-refractivity contribution is 6.04. The molecule has 0 bridgehead atoms. The summed E-state index contributed by atoms with van der Waals surface area (Å²) in [6.45, 7) is 3.99. The van der Waals surface area contributed by atoms with Crippen LogP contribution in [-0.4, -0.2) is 37.6 Å². The van der Waals surface area contributed by atoms with Gasteiger partial charge in [0, 0.05) is 13.1 Å². The first-order chi connectivity index (χ1) is 18.2. The van der Waals surface area contributed by atoms with Crippen LogP contribution >= 0.6 is 0 Å². The summed E-state index contributed by atoms with van der Waals surface area (Å²) in [6.07, 6.45) is -1.12. The predicted molar refractivity (Wildman–Crippen MR) is 146 cm³/mol. The van der Waals surface area contributed by atoms with Crippen LogP contribution in [-0.2, 0) is 10.9 Å². The third-order valence-electron chi connectivity index (χ3n) is 6.99. The molecule has 0 aromatic heterocycles. The third kappa shape index (κ3) is 5.36. The molecule has 4 aromatic rings. The van der Waals surface area contributed by atoms with Crippen molar-refractivity contribution in [3.05, 3.63) is 102 Å². The van der Waals surface area contributed by atoms with Crippen LogP contribution in [0.3, 0.4) is 0 Å². The zero-order valence-corrected chi connectivity index (χ0v) is 21.3. The van der Waals surface area contributed by atoms with Crippen molar-refractivity contribution in [1.82, 2.24) is 4.90 Å². The molecule has 0 unspecified atom stereocenters. The fraction of sp³-hybridized carbons (Fsp3) is 0.219. The maximum Gasteiger partial charge on any atom is 0.416 e. The van der Waals surface area contributed by atoms with Gasteiger partial charge in [-0.1, -0.05) is 54.6 Å². The van der Waals surface area contributed by atoms with E-state index < -0.39 is 17.7 Å². The van der Waals surface area contributed by atoms with Crippen molar-refractivity contribution in [2.24, 2.45) is 0 Å². The Hall–Kier alpha value is -3.90. The molecule has 194 valence electrons. The predicted octanol–water partition coefficient (Wildman–Crippen LogP) is 8.09. The summed E-state index contributed by atoms with van der Waals surface area (Å²) in [5.74, 6) is -0.413. The molecule has 0 aliphatic carbocycles. The Balaban J connectivity index is 1.56. The average molecular weight is 516 g/mol. The molecule has 0 radical (unpaired) electrons. The third-order valence-corrected chi connectivity index (χ3v) is 6.99. The SMILES string of the molecule is CCOC(=O)c1cc(-c2ccc(C3=CCN(C)CC3)cc2)c2ccc(-c3ccc(C(F)(F)F)cc3)cc2c1. The molecule has 0 spiro atoms. The van der Waals surface area contributed by atoms with Gasteiger partial charge in [-0.05, 0) is 94.9 Å². The second-order valence-corrected chi connectivity index (χ2v) is 9.57. The van der Waals surface area contributed by atoms with Crippen LogP contribution in [0, 0.1) is 0 Å². The lowest BCUT2D eigenvalue weighted by molar-refractivity contribution is -0.137. The number of nitrogens with zero attached hydrogens (tertiary/aromatic N) is 1. The van der Waals surface area contributed by atoms with Crippen molar-refractivity contribution in [1.29, 1.82) is 0 Å². The molecular weight excluding hydrogens is 487 g/mol. The van der Waals surface area contributed by atoms with Gasteiger partial charge in [-0.2, -0.15) is 13.2 Å². The molecule has 1 aliphatic heterocycles. The minimum absolute atomic E-state index is 0.261. The van der Waals surface area contributed by atoms with Crippen molar-refractivity contribution < 1.29 is 22.7 Å². The summed E-state index contributed by atoms with van der Waals surface area (Å²) >= 11 is 0. The fourth-order valence-electron chi connectivity index (χ4n) is 4.87. The second kappa shape index (κ2) is 10.5. The Morgan fingerprint density at radius 3 is 2.16 bits per heavy atom. The van der Waals surface area contributed by atoms with Crippen molar-refractivity contribution in [3.63, 3.8) is 0 Å². The lowest BCUT2D eigenvalue weighted by Crippen LogP contribution is -2.23. The number of carbonyl (C=O) groups excluding carboxylic acids is 1. The van der Waals surface area contributed by atoms with Gasteiger partial charge in [0.1, 0.15) is 0 Å². The van der Waals surface area contributed by atoms with E-state index in [9.17, 15) is 18.0 Å². The summed E-state index contributed by atoms with van der Waals surface area (Å²) in [6, 6.07) is 22.9. The topological polar surface area (TPSA) is 29.5 Å². The maximum atomic E-state index is 13.0. The van der Waals surface area contributed by atoms with Gasteiger partial charge in [0.25, 0.3) is 0 Å². The minimum atomic E-state index is -4.38. The first-order valence-corrected chi connectivity index (χ1v) is 12.6. The number of hydrogen-bond acceptors (Lipinski definition) is 3. The van der Waals surface area contributed by atoms with Crippen LogP contribution in [0.4, 0.5) is 13.2 Å². The zero-order valence-electron chi connectivity index (χ0n) is 21.3. The molecule has 5 rings (SSSR count). The van der Waals surface area contributed by atoms with E-state index in [1.54, 1.807) is 13.0 Å². The first kappa shape index (κ1) is 25.7. The highest BCUT2D eigenvalue weighted by Gasteiger charge is 2.30. The monoisotopic (exact) mass is 515 g/mol. The Kier molecular flexibility index (Phi) is 7.09. The van der Waals surface area contributed by atoms with Crippen molar-refractivity contribution in [3.8, 4) is 22.3 Å². The molecular formula is C32H28F3NO2. The van der Waals surface area contributed by atoms with Gasteiger partial charge >= 0.3 is 12.1 Å². The lowest BCUT2D eigenvalue weighted by atomic mass is 9.91. The minimum Gasteiger partial charge on any atom is -0.462 e. The molecule has 1 heterocycles. The van der Waals surface area contributed by atoms with E-state index in [4.69, 9.17) is 4.74 Å². The molecule has 0 atom stereocenters. The van der Waals surface area contributed by atoms with Crippen LogP contribution in [0.1, 0.15) is 34.8 Å². The van der Waals surface area contributed by atoms with Crippen LogP contribution in [0.5, 0.6) is 0 Å². The first-order valence-electron chi connectivity index (χ1n) is 12.6. The number of halogens is 3. The number of fused-ring (bicyclic) bond motifs is 1. The van der Waals surface area contributed by atoms with Crippen molar-refractivity contribution in [2.45, 2.75) is 19.5 Å². The number of likely N-dealkylation sites (N-methyl/N-ethyl adjacent to an activating group) is 1. The van der Waals surface area contributed by atoms with Crippen molar-refractivity contribution in [2.75, 3.05) is 26.7 Å². The number of esters is 1. The van der Waals surface area contributed by atoms with E-state index in [2.05, 4.69) is 42.3 Å². The van der Waals surface area contributed by atoms with E-state index in [1.807, 2.05) is 24.3 Å². The highest BCUT2D eigenvalue weighted by atomic mass is 19.4. The van der Waals surface area contributed by atoms with E-state index in [-0.39, 0.29) is 6.61 Å². The van der Waals surface area contributed by atoms with Gasteiger partial charge in [-0.25, -0.2) is 4.79 Å². The Labute approximate surface area is 220 Å². The number of ether oxygens (including phenoxy) is 1. The Morgan fingerprint density at radius 1 is 0.868 bits per heavy atom. The molecule has 0 N–H and O–H groups in total. The molecule has 0 saturated heterocycles. The molecule has 0 fully saturated rings. The summed E-state index contributed by atoms with van der Waals surface area (Å²) in [7, 11) is 2.11. The summed E-state index contributed by atoms with van der Waals surface area (Å²) in [4.78, 5) is 15.0. The Morgan fingerprint density at radius 2 is 1.53 bits per heavy atom. The second-order valence-electron chi connectivity index (χ2n) is 9.57. The maximum absolute atomic E-state index is 13.0. The van der Waals surface area contributed by atoms with Gasteiger partial charge in [-0.15, -0.1) is 0 Å². The van der Waals surface area contributed by atoms with E-state index >= 15 is 0 Å². The normalized spacial score (nSPS) is 14.4. The van der Waals surface area contributed by atoms with Gasteiger partial charge in [0.05, 0.1) is 17.7 Å². The van der Waals surface area contributed by atoms with Gasteiger partial charge in [0.2, 0.25) is 0 Å². The molecule has 6 heteroatoms. The van der Waals surface area contributed by atoms with Crippen LogP contribution in [0.15, 0.2) is 84.9 Å². The number of carbonyl (C=O) groups is 1. The molecule has 3 nitrogen and oxygen atoms in total. The van der Waals surface area contributed by atoms with Gasteiger partial charge in [0.15, 0.2) is 0 Å². The highest BCUT2D eigenvalue weighted by Crippen LogP contribution is 2.36. The molecule has 0 saturated carbocycles. The fourth-order valence-corrected chi connectivity index (χ4v) is 4.87. The zero-order chi connectivity index (χ0) is 26.9. The van der Waals surface area contributed by atoms with Crippen LogP contribution < -0.4 is 0 Å². The summed E-state index contributed by atoms with van der Waals surface area (Å²) in [5.41, 5.74) is 5.57. The largest absolute Gasteiger partial charge is 0.462 e. The van der Waals surface area contributed by atoms with Gasteiger partial charge in [-0.3, -0.25) is 0 Å². The van der Waals surface area contributed by atoms with Gasteiger partial charge < -0.3 is 9.64 Å². The number of benzene rings is 4. The Bertz CT molecular complexity index is 1500.